The van der Waals surface area contributed by atoms with Gasteiger partial charge in [0, 0.05) is 44.0 Å². The zero-order chi connectivity index (χ0) is 21.3. The molecule has 0 aliphatic rings. The number of benzene rings is 1. The molecule has 0 atom stereocenters. The Morgan fingerprint density at radius 2 is 2.00 bits per heavy atom. The molecule has 0 aliphatic carbocycles. The molecule has 1 amide bonds. The fourth-order valence-electron chi connectivity index (χ4n) is 2.77. The number of carbonyl (C=O) groups excluding carboxylic acids is 1. The van der Waals surface area contributed by atoms with Gasteiger partial charge in [-0.1, -0.05) is 0 Å². The monoisotopic (exact) mass is 434 g/mol. The number of hydrogen-bond donors (Lipinski definition) is 1. The van der Waals surface area contributed by atoms with E-state index < -0.39 is 10.0 Å². The number of thiazole rings is 1. The number of nitrogens with one attached hydrogen (secondary N) is 1. The van der Waals surface area contributed by atoms with Gasteiger partial charge in [-0.15, -0.1) is 11.3 Å². The van der Waals surface area contributed by atoms with Crippen LogP contribution in [0.1, 0.15) is 15.5 Å². The van der Waals surface area contributed by atoms with Gasteiger partial charge in [0.1, 0.15) is 16.3 Å². The SMILES string of the molecule is COc1ccc(NC(=O)c2cc(-c3csc(C)n3)cn2C)cc1S(=O)(=O)N(C)C. The lowest BCUT2D eigenvalue weighted by atomic mass is 10.2. The molecule has 0 fully saturated rings. The van der Waals surface area contributed by atoms with Crippen LogP contribution in [0.4, 0.5) is 5.69 Å². The average Bonchev–Trinajstić information content (AvgIpc) is 3.27. The second kappa shape index (κ2) is 7.97. The molecule has 3 aromatic rings. The van der Waals surface area contributed by atoms with Gasteiger partial charge in [-0.3, -0.25) is 4.79 Å². The lowest BCUT2D eigenvalue weighted by molar-refractivity contribution is 0.101. The number of sulfonamides is 1. The zero-order valence-electron chi connectivity index (χ0n) is 16.8. The molecule has 0 spiro atoms. The summed E-state index contributed by atoms with van der Waals surface area (Å²) in [6.45, 7) is 1.92. The van der Waals surface area contributed by atoms with Gasteiger partial charge in [-0.05, 0) is 31.2 Å². The quantitative estimate of drug-likeness (QED) is 0.644. The van der Waals surface area contributed by atoms with Crippen molar-refractivity contribution in [3.8, 4) is 17.0 Å². The molecule has 3 rings (SSSR count). The molecule has 0 unspecified atom stereocenters. The lowest BCUT2D eigenvalue weighted by Gasteiger charge is -2.16. The van der Waals surface area contributed by atoms with Crippen molar-refractivity contribution in [3.05, 3.63) is 46.5 Å². The first-order valence-corrected chi connectivity index (χ1v) is 11.0. The molecule has 0 saturated carbocycles. The third-order valence-electron chi connectivity index (χ3n) is 4.33. The fourth-order valence-corrected chi connectivity index (χ4v) is 4.47. The molecule has 1 aromatic carbocycles. The van der Waals surface area contributed by atoms with Crippen LogP contribution in [0, 0.1) is 6.92 Å². The Morgan fingerprint density at radius 1 is 1.28 bits per heavy atom. The van der Waals surface area contributed by atoms with Crippen LogP contribution in [-0.2, 0) is 17.1 Å². The second-order valence-electron chi connectivity index (χ2n) is 6.58. The molecular formula is C19H22N4O4S2. The number of ether oxygens (including phenoxy) is 1. The highest BCUT2D eigenvalue weighted by Gasteiger charge is 2.23. The van der Waals surface area contributed by atoms with Gasteiger partial charge in [-0.2, -0.15) is 0 Å². The highest BCUT2D eigenvalue weighted by atomic mass is 32.2. The molecule has 2 aromatic heterocycles. The maximum Gasteiger partial charge on any atom is 0.272 e. The largest absolute Gasteiger partial charge is 0.495 e. The van der Waals surface area contributed by atoms with E-state index in [9.17, 15) is 13.2 Å². The van der Waals surface area contributed by atoms with Crippen molar-refractivity contribution in [2.75, 3.05) is 26.5 Å². The zero-order valence-corrected chi connectivity index (χ0v) is 18.4. The van der Waals surface area contributed by atoms with Crippen molar-refractivity contribution in [3.63, 3.8) is 0 Å². The van der Waals surface area contributed by atoms with Gasteiger partial charge in [0.05, 0.1) is 17.8 Å². The maximum absolute atomic E-state index is 12.8. The van der Waals surface area contributed by atoms with Gasteiger partial charge >= 0.3 is 0 Å². The van der Waals surface area contributed by atoms with Crippen LogP contribution in [0.2, 0.25) is 0 Å². The highest BCUT2D eigenvalue weighted by molar-refractivity contribution is 7.89. The van der Waals surface area contributed by atoms with Gasteiger partial charge in [0.2, 0.25) is 10.0 Å². The molecule has 154 valence electrons. The van der Waals surface area contributed by atoms with E-state index in [0.717, 1.165) is 20.6 Å². The first-order chi connectivity index (χ1) is 13.6. The summed E-state index contributed by atoms with van der Waals surface area (Å²) in [5.41, 5.74) is 2.43. The third kappa shape index (κ3) is 4.19. The summed E-state index contributed by atoms with van der Waals surface area (Å²) in [5.74, 6) is -0.152. The molecule has 0 radical (unpaired) electrons. The van der Waals surface area contributed by atoms with E-state index in [1.807, 2.05) is 18.5 Å². The average molecular weight is 435 g/mol. The minimum Gasteiger partial charge on any atom is -0.495 e. The Labute approximate surface area is 173 Å². The van der Waals surface area contributed by atoms with Gasteiger partial charge in [-0.25, -0.2) is 17.7 Å². The Bertz CT molecular complexity index is 1160. The van der Waals surface area contributed by atoms with E-state index >= 15 is 0 Å². The number of rotatable bonds is 6. The number of aryl methyl sites for hydroxylation is 2. The van der Waals surface area contributed by atoms with E-state index in [0.29, 0.717) is 11.4 Å². The standard InChI is InChI=1S/C19H22N4O4S2/c1-12-20-15(11-28-12)13-8-16(23(4)10-13)19(24)21-14-6-7-17(27-5)18(9-14)29(25,26)22(2)3/h6-11H,1-5H3,(H,21,24). The maximum atomic E-state index is 12.8. The van der Waals surface area contributed by atoms with E-state index in [1.165, 1.54) is 33.3 Å². The summed E-state index contributed by atoms with van der Waals surface area (Å²) in [7, 11) is 2.31. The Kier molecular flexibility index (Phi) is 5.78. The van der Waals surface area contributed by atoms with Crippen LogP contribution < -0.4 is 10.1 Å². The van der Waals surface area contributed by atoms with Crippen molar-refractivity contribution in [2.24, 2.45) is 7.05 Å². The number of aromatic nitrogens is 2. The van der Waals surface area contributed by atoms with Gasteiger partial charge < -0.3 is 14.6 Å². The van der Waals surface area contributed by atoms with Crippen LogP contribution in [0.25, 0.3) is 11.3 Å². The fraction of sp³-hybridized carbons (Fsp3) is 0.263. The van der Waals surface area contributed by atoms with Crippen molar-refractivity contribution in [1.29, 1.82) is 0 Å². The van der Waals surface area contributed by atoms with Crippen LogP contribution in [-0.4, -0.2) is 49.4 Å². The Balaban J connectivity index is 1.91. The summed E-state index contributed by atoms with van der Waals surface area (Å²) in [5, 5.41) is 5.64. The second-order valence-corrected chi connectivity index (χ2v) is 9.77. The highest BCUT2D eigenvalue weighted by Crippen LogP contribution is 2.29. The minimum atomic E-state index is -3.74. The molecule has 10 heteroatoms. The van der Waals surface area contributed by atoms with Gasteiger partial charge in [0.15, 0.2) is 0 Å². The van der Waals surface area contributed by atoms with E-state index in [1.54, 1.807) is 35.1 Å². The minimum absolute atomic E-state index is 0.0201. The summed E-state index contributed by atoms with van der Waals surface area (Å²) < 4.78 is 33.1. The number of hydrogen-bond acceptors (Lipinski definition) is 6. The van der Waals surface area contributed by atoms with Crippen molar-refractivity contribution in [1.82, 2.24) is 13.9 Å². The van der Waals surface area contributed by atoms with E-state index in [2.05, 4.69) is 10.3 Å². The van der Waals surface area contributed by atoms with Crippen LogP contribution in [0.5, 0.6) is 5.75 Å². The van der Waals surface area contributed by atoms with Crippen molar-refractivity contribution in [2.45, 2.75) is 11.8 Å². The predicted octanol–water partition coefficient (Wildman–Crippen LogP) is 2.97. The molecule has 8 nitrogen and oxygen atoms in total. The van der Waals surface area contributed by atoms with Gasteiger partial charge in [0.25, 0.3) is 5.91 Å². The molecule has 1 N–H and O–H groups in total. The molecule has 0 aliphatic heterocycles. The van der Waals surface area contributed by atoms with Crippen LogP contribution in [0.3, 0.4) is 0 Å². The van der Waals surface area contributed by atoms with Crippen molar-refractivity contribution >= 4 is 33.0 Å². The number of methoxy groups -OCH3 is 1. The van der Waals surface area contributed by atoms with E-state index in [4.69, 9.17) is 4.74 Å². The smallest absolute Gasteiger partial charge is 0.272 e. The van der Waals surface area contributed by atoms with Crippen LogP contribution >= 0.6 is 11.3 Å². The molecule has 0 saturated heterocycles. The predicted molar refractivity (Wildman–Crippen MR) is 113 cm³/mol. The first kappa shape index (κ1) is 21.0. The summed E-state index contributed by atoms with van der Waals surface area (Å²) >= 11 is 1.54. The van der Waals surface area contributed by atoms with Crippen molar-refractivity contribution < 1.29 is 17.9 Å². The summed E-state index contributed by atoms with van der Waals surface area (Å²) in [6.07, 6.45) is 1.83. The van der Waals surface area contributed by atoms with E-state index in [-0.39, 0.29) is 16.6 Å². The third-order valence-corrected chi connectivity index (χ3v) is 6.94. The Morgan fingerprint density at radius 3 is 2.59 bits per heavy atom. The summed E-state index contributed by atoms with van der Waals surface area (Å²) in [6, 6.07) is 6.25. The van der Waals surface area contributed by atoms with Crippen LogP contribution in [0.15, 0.2) is 40.7 Å². The topological polar surface area (TPSA) is 93.5 Å². The number of amides is 1. The lowest BCUT2D eigenvalue weighted by Crippen LogP contribution is -2.23. The first-order valence-electron chi connectivity index (χ1n) is 8.64. The Hall–Kier alpha value is -2.69. The molecule has 29 heavy (non-hydrogen) atoms. The molecule has 0 bridgehead atoms. The summed E-state index contributed by atoms with van der Waals surface area (Å²) in [4.78, 5) is 17.2. The molecular weight excluding hydrogens is 412 g/mol. The normalized spacial score (nSPS) is 11.7. The number of anilines is 1. The number of carbonyl (C=O) groups is 1. The number of nitrogens with zero attached hydrogens (tertiary/aromatic N) is 3. The molecule has 2 heterocycles.